The van der Waals surface area contributed by atoms with Gasteiger partial charge < -0.3 is 15.2 Å². The molecular weight excluding hydrogens is 530 g/mol. The number of rotatable bonds is 9. The van der Waals surface area contributed by atoms with Gasteiger partial charge in [-0.3, -0.25) is 14.4 Å². The molecule has 4 rings (SSSR count). The third-order valence-corrected chi connectivity index (χ3v) is 9.13. The molecule has 2 heterocycles. The number of para-hydroxylation sites is 1. The van der Waals surface area contributed by atoms with Crippen LogP contribution in [0.5, 0.6) is 0 Å². The van der Waals surface area contributed by atoms with Crippen molar-refractivity contribution in [2.45, 2.75) is 43.5 Å². The number of nitrogens with zero attached hydrogens (tertiary/aromatic N) is 3. The van der Waals surface area contributed by atoms with Gasteiger partial charge in [-0.25, -0.2) is 8.42 Å². The van der Waals surface area contributed by atoms with E-state index in [1.54, 1.807) is 6.07 Å². The molecule has 1 aromatic heterocycles. The van der Waals surface area contributed by atoms with Crippen LogP contribution in [0.3, 0.4) is 0 Å². The summed E-state index contributed by atoms with van der Waals surface area (Å²) in [5.41, 5.74) is 1.55. The lowest BCUT2D eigenvalue weighted by Crippen LogP contribution is -2.44. The lowest BCUT2D eigenvalue weighted by atomic mass is 10.0. The number of sulfonamides is 1. The van der Waals surface area contributed by atoms with Crippen molar-refractivity contribution in [3.8, 4) is 6.07 Å². The topological polar surface area (TPSA) is 141 Å². The number of hydrogen-bond acceptors (Lipinski definition) is 6. The van der Waals surface area contributed by atoms with Crippen molar-refractivity contribution in [3.05, 3.63) is 65.9 Å². The van der Waals surface area contributed by atoms with E-state index in [-0.39, 0.29) is 47.7 Å². The third-order valence-electron chi connectivity index (χ3n) is 7.22. The van der Waals surface area contributed by atoms with Crippen molar-refractivity contribution in [1.82, 2.24) is 19.5 Å². The smallest absolute Gasteiger partial charge is 0.267 e. The Kier molecular flexibility index (Phi) is 9.02. The highest BCUT2D eigenvalue weighted by Crippen LogP contribution is 2.23. The van der Waals surface area contributed by atoms with Gasteiger partial charge in [0.15, 0.2) is 5.78 Å². The number of carbonyl (C=O) groups excluding carboxylic acids is 3. The van der Waals surface area contributed by atoms with Gasteiger partial charge in [0.25, 0.3) is 5.91 Å². The summed E-state index contributed by atoms with van der Waals surface area (Å²) in [4.78, 5) is 38.2. The zero-order chi connectivity index (χ0) is 28.9. The summed E-state index contributed by atoms with van der Waals surface area (Å²) in [5, 5.41) is 16.0. The van der Waals surface area contributed by atoms with E-state index in [1.165, 1.54) is 18.2 Å². The molecule has 0 aliphatic carbocycles. The van der Waals surface area contributed by atoms with Gasteiger partial charge in [-0.1, -0.05) is 37.3 Å². The Morgan fingerprint density at radius 2 is 1.88 bits per heavy atom. The zero-order valence-corrected chi connectivity index (χ0v) is 23.4. The summed E-state index contributed by atoms with van der Waals surface area (Å²) in [6.45, 7) is 2.04. The number of amides is 2. The second kappa shape index (κ2) is 12.4. The van der Waals surface area contributed by atoms with Gasteiger partial charge in [0.1, 0.15) is 11.8 Å². The molecule has 11 heteroatoms. The maximum absolute atomic E-state index is 13.1. The minimum atomic E-state index is -4.04. The first-order valence-electron chi connectivity index (χ1n) is 13.3. The number of fused-ring (bicyclic) bond motifs is 1. The van der Waals surface area contributed by atoms with Crippen LogP contribution in [-0.2, 0) is 26.7 Å². The van der Waals surface area contributed by atoms with E-state index in [0.29, 0.717) is 31.5 Å². The highest BCUT2D eigenvalue weighted by Gasteiger charge is 2.34. The molecule has 2 aromatic carbocycles. The fourth-order valence-corrected chi connectivity index (χ4v) is 6.56. The molecule has 40 heavy (non-hydrogen) atoms. The minimum Gasteiger partial charge on any atom is -0.351 e. The number of nitrogens with one attached hydrogen (secondary N) is 2. The maximum atomic E-state index is 13.1. The average Bonchev–Trinajstić information content (AvgIpc) is 3.16. The van der Waals surface area contributed by atoms with Crippen molar-refractivity contribution in [2.75, 3.05) is 19.6 Å². The maximum Gasteiger partial charge on any atom is 0.267 e. The van der Waals surface area contributed by atoms with Gasteiger partial charge in [-0.2, -0.15) is 9.57 Å². The quantitative estimate of drug-likeness (QED) is 0.410. The predicted octanol–water partition coefficient (Wildman–Crippen LogP) is 2.73. The highest BCUT2D eigenvalue weighted by molar-refractivity contribution is 7.89. The number of hydrogen-bond donors (Lipinski definition) is 2. The molecule has 0 radical (unpaired) electrons. The van der Waals surface area contributed by atoms with Crippen LogP contribution in [-0.4, -0.2) is 60.6 Å². The third kappa shape index (κ3) is 6.41. The average molecular weight is 564 g/mol. The van der Waals surface area contributed by atoms with Crippen LogP contribution >= 0.6 is 0 Å². The second-order valence-corrected chi connectivity index (χ2v) is 12.1. The van der Waals surface area contributed by atoms with E-state index >= 15 is 0 Å². The summed E-state index contributed by atoms with van der Waals surface area (Å²) in [5.74, 6) is -0.917. The van der Waals surface area contributed by atoms with Crippen LogP contribution in [0.2, 0.25) is 0 Å². The Bertz CT molecular complexity index is 1570. The Balaban J connectivity index is 1.26. The molecule has 0 spiro atoms. The van der Waals surface area contributed by atoms with E-state index in [2.05, 4.69) is 10.6 Å². The molecule has 2 atom stereocenters. The number of ketones is 1. The summed E-state index contributed by atoms with van der Waals surface area (Å²) >= 11 is 0. The molecule has 1 aliphatic heterocycles. The van der Waals surface area contributed by atoms with Crippen molar-refractivity contribution < 1.29 is 22.8 Å². The number of aromatic nitrogens is 1. The zero-order valence-electron chi connectivity index (χ0n) is 22.6. The number of nitriles is 1. The number of carbonyl (C=O) groups is 3. The van der Waals surface area contributed by atoms with E-state index < -0.39 is 21.8 Å². The molecule has 1 unspecified atom stereocenters. The molecule has 10 nitrogen and oxygen atoms in total. The fraction of sp³-hybridized carbons (Fsp3) is 0.379. The number of aryl methyl sites for hydroxylation is 1. The first kappa shape index (κ1) is 29.0. The standard InChI is InChI=1S/C29H33N5O5S/c1-20(13-14-31-29(37)25-17-21-8-3-5-11-24(21)33(25)2)16-28(36)32-23-10-7-15-34(19-26(23)35)40(38,39)27-12-6-4-9-22(27)18-30/h3-6,8-9,11-12,17,20,23H,7,10,13-16,19H2,1-2H3,(H,31,37)(H,32,36)/t20?,23-/m1/s1. The molecule has 0 bridgehead atoms. The summed E-state index contributed by atoms with van der Waals surface area (Å²) < 4.78 is 29.2. The molecule has 210 valence electrons. The van der Waals surface area contributed by atoms with E-state index in [4.69, 9.17) is 0 Å². The largest absolute Gasteiger partial charge is 0.351 e. The van der Waals surface area contributed by atoms with E-state index in [0.717, 1.165) is 15.2 Å². The van der Waals surface area contributed by atoms with E-state index in [1.807, 2.05) is 54.9 Å². The van der Waals surface area contributed by atoms with Crippen molar-refractivity contribution in [1.29, 1.82) is 5.26 Å². The predicted molar refractivity (Wildman–Crippen MR) is 150 cm³/mol. The van der Waals surface area contributed by atoms with Crippen molar-refractivity contribution in [2.24, 2.45) is 13.0 Å². The van der Waals surface area contributed by atoms with Gasteiger partial charge in [0.2, 0.25) is 15.9 Å². The molecule has 2 N–H and O–H groups in total. The molecular formula is C29H33N5O5S. The monoisotopic (exact) mass is 563 g/mol. The van der Waals surface area contributed by atoms with Crippen LogP contribution in [0, 0.1) is 17.2 Å². The minimum absolute atomic E-state index is 0.0197. The fourth-order valence-electron chi connectivity index (χ4n) is 4.98. The SMILES string of the molecule is CC(CCNC(=O)c1cc2ccccc2n1C)CC(=O)N[C@@H]1CCCN(S(=O)(=O)c2ccccc2C#N)CC1=O. The molecule has 1 aliphatic rings. The Hall–Kier alpha value is -4.01. The van der Waals surface area contributed by atoms with Gasteiger partial charge in [0.05, 0.1) is 23.0 Å². The van der Waals surface area contributed by atoms with Crippen LogP contribution in [0.4, 0.5) is 0 Å². The summed E-state index contributed by atoms with van der Waals surface area (Å²) in [7, 11) is -2.19. The van der Waals surface area contributed by atoms with Crippen LogP contribution < -0.4 is 10.6 Å². The second-order valence-electron chi connectivity index (χ2n) is 10.2. The lowest BCUT2D eigenvalue weighted by Gasteiger charge is -2.20. The normalized spacial score (nSPS) is 17.1. The lowest BCUT2D eigenvalue weighted by molar-refractivity contribution is -0.128. The number of Topliss-reactive ketones (excluding diaryl/α,β-unsaturated/α-hetero) is 1. The number of benzene rings is 2. The Morgan fingerprint density at radius 1 is 1.15 bits per heavy atom. The van der Waals surface area contributed by atoms with Gasteiger partial charge in [0, 0.05) is 37.5 Å². The van der Waals surface area contributed by atoms with Crippen molar-refractivity contribution in [3.63, 3.8) is 0 Å². The Morgan fingerprint density at radius 3 is 2.62 bits per heavy atom. The summed E-state index contributed by atoms with van der Waals surface area (Å²) in [6, 6.07) is 16.6. The van der Waals surface area contributed by atoms with Crippen LogP contribution in [0.1, 0.15) is 48.7 Å². The molecule has 1 saturated heterocycles. The first-order valence-corrected chi connectivity index (χ1v) is 14.7. The van der Waals surface area contributed by atoms with Crippen molar-refractivity contribution >= 4 is 38.5 Å². The molecule has 1 fully saturated rings. The molecule has 2 amide bonds. The van der Waals surface area contributed by atoms with Gasteiger partial charge in [-0.15, -0.1) is 0 Å². The molecule has 3 aromatic rings. The highest BCUT2D eigenvalue weighted by atomic mass is 32.2. The van der Waals surface area contributed by atoms with Gasteiger partial charge in [-0.05, 0) is 49.4 Å². The van der Waals surface area contributed by atoms with Crippen LogP contribution in [0.25, 0.3) is 10.9 Å². The van der Waals surface area contributed by atoms with Gasteiger partial charge >= 0.3 is 0 Å². The van der Waals surface area contributed by atoms with Crippen LogP contribution in [0.15, 0.2) is 59.5 Å². The summed E-state index contributed by atoms with van der Waals surface area (Å²) in [6.07, 6.45) is 1.46. The van der Waals surface area contributed by atoms with E-state index in [9.17, 15) is 28.1 Å². The Labute approximate surface area is 234 Å². The molecule has 0 saturated carbocycles. The first-order chi connectivity index (χ1) is 19.1.